The van der Waals surface area contributed by atoms with Gasteiger partial charge in [0.25, 0.3) is 0 Å². The molecule has 0 saturated heterocycles. The SMILES string of the molecule is O=S(=O)([O-])[O-].[Ba+2].[Ba+2].[S-2]. The van der Waals surface area contributed by atoms with E-state index in [0.29, 0.717) is 0 Å². The fraction of sp³-hybridized carbons (Fsp3) is 0. The van der Waals surface area contributed by atoms with Crippen molar-refractivity contribution in [3.8, 4) is 0 Å². The Balaban J connectivity index is -0.0000000267. The van der Waals surface area contributed by atoms with E-state index in [9.17, 15) is 0 Å². The van der Waals surface area contributed by atoms with Crippen LogP contribution in [0.1, 0.15) is 0 Å². The number of rotatable bonds is 0. The van der Waals surface area contributed by atoms with Gasteiger partial charge in [-0.15, -0.1) is 0 Å². The average Bonchev–Trinajstić information content (AvgIpc) is 0.722. The van der Waals surface area contributed by atoms with Crippen LogP contribution in [0.5, 0.6) is 0 Å². The first-order valence-electron chi connectivity index (χ1n) is 0.667. The predicted octanol–water partition coefficient (Wildman–Crippen LogP) is -2.10. The van der Waals surface area contributed by atoms with Crippen molar-refractivity contribution in [2.75, 3.05) is 0 Å². The van der Waals surface area contributed by atoms with Gasteiger partial charge < -0.3 is 22.6 Å². The van der Waals surface area contributed by atoms with Gasteiger partial charge in [-0.1, -0.05) is 0 Å². The van der Waals surface area contributed by atoms with Crippen molar-refractivity contribution >= 4 is 122 Å². The molecular weight excluding hydrogens is 403 g/mol. The Hall–Kier alpha value is 3.36. The van der Waals surface area contributed by atoms with Crippen LogP contribution in [-0.4, -0.2) is 115 Å². The zero-order chi connectivity index (χ0) is 4.50. The summed E-state index contributed by atoms with van der Waals surface area (Å²) in [6.07, 6.45) is 0. The van der Waals surface area contributed by atoms with Crippen molar-refractivity contribution < 1.29 is 17.5 Å². The van der Waals surface area contributed by atoms with E-state index in [4.69, 9.17) is 17.5 Å². The van der Waals surface area contributed by atoms with Crippen LogP contribution in [0.15, 0.2) is 0 Å². The second-order valence-electron chi connectivity index (χ2n) is 0.408. The van der Waals surface area contributed by atoms with Crippen molar-refractivity contribution in [2.45, 2.75) is 0 Å². The minimum Gasteiger partial charge on any atom is -2.00 e. The zero-order valence-corrected chi connectivity index (χ0v) is 14.4. The van der Waals surface area contributed by atoms with E-state index in [0.717, 1.165) is 0 Å². The fourth-order valence-electron chi connectivity index (χ4n) is 0. The summed E-state index contributed by atoms with van der Waals surface area (Å²) >= 11 is 0. The van der Waals surface area contributed by atoms with Crippen molar-refractivity contribution in [1.82, 2.24) is 0 Å². The zero-order valence-electron chi connectivity index (χ0n) is 3.86. The molecule has 0 saturated carbocycles. The third kappa shape index (κ3) is 57.9. The molecule has 0 bridgehead atoms. The molecule has 0 aromatic heterocycles. The van der Waals surface area contributed by atoms with Crippen LogP contribution in [0.2, 0.25) is 0 Å². The molecule has 4 nitrogen and oxygen atoms in total. The first kappa shape index (κ1) is 22.5. The van der Waals surface area contributed by atoms with Gasteiger partial charge in [0, 0.05) is 10.4 Å². The predicted molar refractivity (Wildman–Crippen MR) is 29.3 cm³/mol. The van der Waals surface area contributed by atoms with Crippen molar-refractivity contribution in [3.05, 3.63) is 0 Å². The van der Waals surface area contributed by atoms with E-state index >= 15 is 0 Å². The Bertz CT molecular complexity index is 95.2. The van der Waals surface area contributed by atoms with Gasteiger partial charge in [-0.05, 0) is 0 Å². The molecule has 8 heteroatoms. The second kappa shape index (κ2) is 10.4. The Morgan fingerprint density at radius 1 is 1.00 bits per heavy atom. The van der Waals surface area contributed by atoms with Gasteiger partial charge in [0.05, 0.1) is 0 Å². The molecule has 0 heterocycles. The maximum Gasteiger partial charge on any atom is 2.00 e. The largest absolute Gasteiger partial charge is 2.00 e. The monoisotopic (exact) mass is 404 g/mol. The summed E-state index contributed by atoms with van der Waals surface area (Å²) in [5.41, 5.74) is 0. The van der Waals surface area contributed by atoms with Crippen LogP contribution >= 0.6 is 0 Å². The minimum atomic E-state index is -5.17. The smallest absolute Gasteiger partial charge is 2.00 e. The van der Waals surface area contributed by atoms with Crippen LogP contribution in [0.25, 0.3) is 0 Å². The number of hydrogen-bond acceptors (Lipinski definition) is 4. The molecule has 0 fully saturated rings. The molecule has 0 unspecified atom stereocenters. The summed E-state index contributed by atoms with van der Waals surface area (Å²) in [6.45, 7) is 0. The molecule has 0 spiro atoms. The molecule has 40 valence electrons. The van der Waals surface area contributed by atoms with Crippen LogP contribution in [0.4, 0.5) is 0 Å². The third-order valence-electron chi connectivity index (χ3n) is 0. The molecule has 0 aromatic carbocycles. The maximum atomic E-state index is 8.52. The molecule has 0 aliphatic heterocycles. The fourth-order valence-corrected chi connectivity index (χ4v) is 0. The molecule has 0 aliphatic carbocycles. The molecule has 0 aliphatic rings. The van der Waals surface area contributed by atoms with Crippen LogP contribution in [0, 0.1) is 0 Å². The summed E-state index contributed by atoms with van der Waals surface area (Å²) in [5.74, 6) is 0. The normalized spacial score (nSPS) is 7.25. The van der Waals surface area contributed by atoms with Crippen molar-refractivity contribution in [1.29, 1.82) is 0 Å². The third-order valence-corrected chi connectivity index (χ3v) is 0. The summed E-state index contributed by atoms with van der Waals surface area (Å²) in [7, 11) is -5.17. The van der Waals surface area contributed by atoms with E-state index in [-0.39, 0.29) is 111 Å². The van der Waals surface area contributed by atoms with E-state index in [1.807, 2.05) is 0 Å². The standard InChI is InChI=1S/2Ba.H2O4S.S/c;;1-5(2,3)4;/h;;(H2,1,2,3,4);/q2*+2;;-2/p-2. The van der Waals surface area contributed by atoms with Crippen LogP contribution in [-0.2, 0) is 23.9 Å². The molecule has 0 amide bonds. The summed E-state index contributed by atoms with van der Waals surface area (Å²) in [4.78, 5) is 0. The topological polar surface area (TPSA) is 80.3 Å². The Morgan fingerprint density at radius 3 is 1.00 bits per heavy atom. The molecular formula is Ba2O4S2. The van der Waals surface area contributed by atoms with E-state index in [2.05, 4.69) is 0 Å². The Kier molecular flexibility index (Phi) is 29.2. The van der Waals surface area contributed by atoms with Crippen LogP contribution < -0.4 is 0 Å². The van der Waals surface area contributed by atoms with Gasteiger partial charge in [0.15, 0.2) is 0 Å². The van der Waals surface area contributed by atoms with Gasteiger partial charge >= 0.3 is 97.8 Å². The molecule has 0 radical (unpaired) electrons. The van der Waals surface area contributed by atoms with E-state index in [1.54, 1.807) is 0 Å². The van der Waals surface area contributed by atoms with Gasteiger partial charge in [-0.3, -0.25) is 8.42 Å². The Morgan fingerprint density at radius 2 is 1.00 bits per heavy atom. The Labute approximate surface area is 135 Å². The number of hydrogen-bond donors (Lipinski definition) is 0. The van der Waals surface area contributed by atoms with Crippen molar-refractivity contribution in [2.24, 2.45) is 0 Å². The van der Waals surface area contributed by atoms with Gasteiger partial charge in [-0.2, -0.15) is 0 Å². The molecule has 8 heavy (non-hydrogen) atoms. The van der Waals surface area contributed by atoms with Crippen molar-refractivity contribution in [3.63, 3.8) is 0 Å². The first-order chi connectivity index (χ1) is 2.00. The molecule has 0 aromatic rings. The average molecular weight is 403 g/mol. The minimum absolute atomic E-state index is 0. The van der Waals surface area contributed by atoms with Gasteiger partial charge in [-0.25, -0.2) is 0 Å². The first-order valence-corrected chi connectivity index (χ1v) is 2.00. The van der Waals surface area contributed by atoms with Gasteiger partial charge in [0.1, 0.15) is 0 Å². The summed E-state index contributed by atoms with van der Waals surface area (Å²) in [6, 6.07) is 0. The molecule has 0 rings (SSSR count). The summed E-state index contributed by atoms with van der Waals surface area (Å²) in [5, 5.41) is 0. The van der Waals surface area contributed by atoms with Crippen LogP contribution in [0.3, 0.4) is 0 Å². The quantitative estimate of drug-likeness (QED) is 0.264. The van der Waals surface area contributed by atoms with E-state index in [1.165, 1.54) is 0 Å². The summed E-state index contributed by atoms with van der Waals surface area (Å²) < 4.78 is 34.1. The second-order valence-corrected chi connectivity index (χ2v) is 1.22. The van der Waals surface area contributed by atoms with Gasteiger partial charge in [0.2, 0.25) is 0 Å². The maximum absolute atomic E-state index is 8.52. The molecule has 0 atom stereocenters. The van der Waals surface area contributed by atoms with E-state index < -0.39 is 10.4 Å². The molecule has 0 N–H and O–H groups in total.